The molecule has 30 heavy (non-hydrogen) atoms. The molecule has 2 aromatic carbocycles. The number of fused-ring (bicyclic) bond motifs is 7. The molecule has 0 N–H and O–H groups in total. The Hall–Kier alpha value is -2.39. The van der Waals surface area contributed by atoms with Gasteiger partial charge in [0.1, 0.15) is 0 Å². The van der Waals surface area contributed by atoms with Crippen molar-refractivity contribution in [2.45, 2.75) is 51.0 Å². The molecule has 0 spiro atoms. The number of para-hydroxylation sites is 2. The Morgan fingerprint density at radius 1 is 1.00 bits per heavy atom. The Balaban J connectivity index is 1.41. The molecule has 5 atom stereocenters. The van der Waals surface area contributed by atoms with Crippen LogP contribution in [0.3, 0.4) is 0 Å². The summed E-state index contributed by atoms with van der Waals surface area (Å²) in [4.78, 5) is 20.8. The summed E-state index contributed by atoms with van der Waals surface area (Å²) in [5, 5.41) is 2.00. The lowest BCUT2D eigenvalue weighted by molar-refractivity contribution is -0.145. The number of nitrogens with zero attached hydrogens (tertiary/aromatic N) is 1. The third kappa shape index (κ3) is 2.58. The van der Waals surface area contributed by atoms with E-state index in [2.05, 4.69) is 67.6 Å². The molecule has 2 saturated carbocycles. The van der Waals surface area contributed by atoms with Gasteiger partial charge in [0.2, 0.25) is 0 Å². The van der Waals surface area contributed by atoms with Gasteiger partial charge in [-0.2, -0.15) is 0 Å². The molecule has 4 aliphatic rings. The average Bonchev–Trinajstić information content (AvgIpc) is 3.45. The zero-order chi connectivity index (χ0) is 20.3. The number of carbonyl (C=O) groups excluding carboxylic acids is 1. The number of unbranched alkanes of at least 4 members (excludes halogenated alkanes) is 1. The largest absolute Gasteiger partial charge is 0.296 e. The van der Waals surface area contributed by atoms with Crippen molar-refractivity contribution in [3.8, 4) is 0 Å². The summed E-state index contributed by atoms with van der Waals surface area (Å²) in [6.07, 6.45) is 10.5. The van der Waals surface area contributed by atoms with Crippen molar-refractivity contribution in [1.82, 2.24) is 0 Å². The maximum atomic E-state index is 13.9. The molecule has 1 heterocycles. The molecule has 2 aromatic rings. The maximum absolute atomic E-state index is 13.9. The van der Waals surface area contributed by atoms with Gasteiger partial charge in [0.15, 0.2) is 11.4 Å². The van der Waals surface area contributed by atoms with E-state index in [0.717, 1.165) is 43.5 Å². The second-order valence-corrected chi connectivity index (χ2v) is 9.62. The first-order valence-corrected chi connectivity index (χ1v) is 11.6. The third-order valence-electron chi connectivity index (χ3n) is 7.94. The summed E-state index contributed by atoms with van der Waals surface area (Å²) in [6, 6.07) is 16.9. The number of hydrogen-bond acceptors (Lipinski definition) is 3. The first-order chi connectivity index (χ1) is 14.7. The number of benzene rings is 2. The summed E-state index contributed by atoms with van der Waals surface area (Å²) < 4.78 is 0. The third-order valence-corrected chi connectivity index (χ3v) is 7.94. The molecule has 0 amide bonds. The fourth-order valence-corrected chi connectivity index (χ4v) is 6.52. The lowest BCUT2D eigenvalue weighted by Gasteiger charge is -2.39. The van der Waals surface area contributed by atoms with E-state index in [-0.39, 0.29) is 5.92 Å². The van der Waals surface area contributed by atoms with E-state index in [9.17, 15) is 4.79 Å². The van der Waals surface area contributed by atoms with Crippen LogP contribution in [0.4, 0.5) is 11.4 Å². The maximum Gasteiger partial charge on any atom is 0.171 e. The first-order valence-electron chi connectivity index (χ1n) is 11.6. The second kappa shape index (κ2) is 6.81. The number of hydrogen-bond donors (Lipinski definition) is 0. The van der Waals surface area contributed by atoms with Crippen LogP contribution in [0, 0.1) is 23.7 Å². The minimum Gasteiger partial charge on any atom is -0.296 e. The van der Waals surface area contributed by atoms with Crippen molar-refractivity contribution in [2.75, 3.05) is 5.06 Å². The van der Waals surface area contributed by atoms with Crippen LogP contribution in [0.2, 0.25) is 0 Å². The molecule has 0 aromatic heterocycles. The van der Waals surface area contributed by atoms with Crippen LogP contribution in [0.1, 0.15) is 50.2 Å². The highest BCUT2D eigenvalue weighted by atomic mass is 16.7. The van der Waals surface area contributed by atoms with Gasteiger partial charge in [0.05, 0.1) is 11.4 Å². The summed E-state index contributed by atoms with van der Waals surface area (Å²) >= 11 is 0. The summed E-state index contributed by atoms with van der Waals surface area (Å²) in [6.45, 7) is 2.20. The standard InChI is InChI=1S/C27H29NO2/c1-2-3-14-27(17-22-18-12-13-21(15-18)25(22)26(27)29)30-28-23-10-6-4-8-19(23)16-20-9-5-7-11-24(20)28/h4-13,18,21-22,25H,2-3,14-17H2,1H3. The highest BCUT2D eigenvalue weighted by molar-refractivity contribution is 5.93. The number of carbonyl (C=O) groups is 1. The lowest BCUT2D eigenvalue weighted by Crippen LogP contribution is -2.45. The normalized spacial score (nSPS) is 33.0. The number of Topliss-reactive ketones (excluding diaryl/α,β-unsaturated/α-hetero) is 1. The topological polar surface area (TPSA) is 29.5 Å². The van der Waals surface area contributed by atoms with E-state index in [1.807, 2.05) is 5.06 Å². The summed E-state index contributed by atoms with van der Waals surface area (Å²) in [7, 11) is 0. The van der Waals surface area contributed by atoms with Gasteiger partial charge < -0.3 is 0 Å². The Morgan fingerprint density at radius 3 is 2.33 bits per heavy atom. The number of rotatable bonds is 5. The number of ketones is 1. The smallest absolute Gasteiger partial charge is 0.171 e. The Labute approximate surface area is 178 Å². The quantitative estimate of drug-likeness (QED) is 0.578. The van der Waals surface area contributed by atoms with Gasteiger partial charge >= 0.3 is 0 Å². The van der Waals surface area contributed by atoms with E-state index < -0.39 is 5.60 Å². The van der Waals surface area contributed by atoms with E-state index >= 15 is 0 Å². The van der Waals surface area contributed by atoms with Crippen molar-refractivity contribution < 1.29 is 9.63 Å². The SMILES string of the molecule is CCCCC1(ON2c3ccccc3Cc3ccccc32)CC2C3C=CC(C3)C2C1=O. The predicted octanol–water partition coefficient (Wildman–Crippen LogP) is 6.00. The van der Waals surface area contributed by atoms with E-state index in [1.165, 1.54) is 17.5 Å². The fraction of sp³-hybridized carbons (Fsp3) is 0.444. The highest BCUT2D eigenvalue weighted by Crippen LogP contribution is 2.59. The second-order valence-electron chi connectivity index (χ2n) is 9.62. The molecule has 2 fully saturated rings. The van der Waals surface area contributed by atoms with Crippen molar-refractivity contribution in [2.24, 2.45) is 23.7 Å². The van der Waals surface area contributed by atoms with Crippen LogP contribution >= 0.6 is 0 Å². The zero-order valence-electron chi connectivity index (χ0n) is 17.6. The number of anilines is 2. The van der Waals surface area contributed by atoms with Gasteiger partial charge in [-0.25, -0.2) is 5.06 Å². The molecule has 1 aliphatic heterocycles. The average molecular weight is 400 g/mol. The molecule has 154 valence electrons. The molecule has 0 radical (unpaired) electrons. The van der Waals surface area contributed by atoms with Crippen LogP contribution in [0.25, 0.3) is 0 Å². The predicted molar refractivity (Wildman–Crippen MR) is 119 cm³/mol. The van der Waals surface area contributed by atoms with Gasteiger partial charge in [-0.1, -0.05) is 68.3 Å². The summed E-state index contributed by atoms with van der Waals surface area (Å²) in [5.41, 5.74) is 3.98. The van der Waals surface area contributed by atoms with E-state index in [0.29, 0.717) is 23.5 Å². The van der Waals surface area contributed by atoms with Gasteiger partial charge in [-0.3, -0.25) is 9.63 Å². The van der Waals surface area contributed by atoms with Gasteiger partial charge in [-0.15, -0.1) is 0 Å². The highest BCUT2D eigenvalue weighted by Gasteiger charge is 2.62. The van der Waals surface area contributed by atoms with Crippen LogP contribution in [0.15, 0.2) is 60.7 Å². The van der Waals surface area contributed by atoms with Crippen LogP contribution in [-0.4, -0.2) is 11.4 Å². The molecule has 6 rings (SSSR count). The van der Waals surface area contributed by atoms with Crippen molar-refractivity contribution >= 4 is 17.2 Å². The van der Waals surface area contributed by atoms with E-state index in [1.54, 1.807) is 0 Å². The fourth-order valence-electron chi connectivity index (χ4n) is 6.52. The van der Waals surface area contributed by atoms with Crippen LogP contribution < -0.4 is 5.06 Å². The Bertz CT molecular complexity index is 982. The van der Waals surface area contributed by atoms with Crippen molar-refractivity contribution in [3.05, 3.63) is 71.8 Å². The van der Waals surface area contributed by atoms with E-state index in [4.69, 9.17) is 4.84 Å². The van der Waals surface area contributed by atoms with Crippen molar-refractivity contribution in [1.29, 1.82) is 0 Å². The van der Waals surface area contributed by atoms with Gasteiger partial charge in [-0.05, 0) is 60.3 Å². The molecule has 5 unspecified atom stereocenters. The molecule has 3 nitrogen and oxygen atoms in total. The lowest BCUT2D eigenvalue weighted by atomic mass is 9.85. The molecule has 0 saturated heterocycles. The molecule has 3 heteroatoms. The molecular formula is C27H29NO2. The Morgan fingerprint density at radius 2 is 1.67 bits per heavy atom. The molecule has 3 aliphatic carbocycles. The molecular weight excluding hydrogens is 370 g/mol. The van der Waals surface area contributed by atoms with Gasteiger partial charge in [0.25, 0.3) is 0 Å². The Kier molecular flexibility index (Phi) is 4.18. The van der Waals surface area contributed by atoms with Gasteiger partial charge in [0, 0.05) is 12.3 Å². The van der Waals surface area contributed by atoms with Crippen molar-refractivity contribution in [3.63, 3.8) is 0 Å². The monoisotopic (exact) mass is 399 g/mol. The zero-order valence-corrected chi connectivity index (χ0v) is 17.6. The minimum atomic E-state index is -0.703. The molecule has 2 bridgehead atoms. The number of allylic oxidation sites excluding steroid dienone is 2. The minimum absolute atomic E-state index is 0.159. The summed E-state index contributed by atoms with van der Waals surface area (Å²) in [5.74, 6) is 1.97. The van der Waals surface area contributed by atoms with Crippen LogP contribution in [-0.2, 0) is 16.1 Å². The van der Waals surface area contributed by atoms with Crippen LogP contribution in [0.5, 0.6) is 0 Å². The first kappa shape index (κ1) is 18.4.